The molecule has 0 fully saturated rings. The van der Waals surface area contributed by atoms with E-state index in [1.54, 1.807) is 18.4 Å². The third kappa shape index (κ3) is 2.29. The molecule has 0 saturated carbocycles. The van der Waals surface area contributed by atoms with Crippen molar-refractivity contribution >= 4 is 27.3 Å². The van der Waals surface area contributed by atoms with Crippen LogP contribution < -0.4 is 0 Å². The first-order valence-corrected chi connectivity index (χ1v) is 9.23. The summed E-state index contributed by atoms with van der Waals surface area (Å²) in [6, 6.07) is 21.0. The van der Waals surface area contributed by atoms with E-state index in [4.69, 9.17) is 4.42 Å². The maximum atomic E-state index is 12.8. The van der Waals surface area contributed by atoms with Crippen LogP contribution in [-0.2, 0) is 6.42 Å². The maximum Gasteiger partial charge on any atom is 0.201 e. The lowest BCUT2D eigenvalue weighted by Crippen LogP contribution is -2.24. The average Bonchev–Trinajstić information content (AvgIpc) is 3.21. The molecule has 5 rings (SSSR count). The van der Waals surface area contributed by atoms with Crippen LogP contribution in [0.25, 0.3) is 21.5 Å². The Labute approximate surface area is 152 Å². The quantitative estimate of drug-likeness (QED) is 0.324. The van der Waals surface area contributed by atoms with Crippen molar-refractivity contribution in [2.24, 2.45) is 5.92 Å². The molecule has 26 heavy (non-hydrogen) atoms. The summed E-state index contributed by atoms with van der Waals surface area (Å²) in [7, 11) is 0. The van der Waals surface area contributed by atoms with Gasteiger partial charge in [-0.15, -0.1) is 0 Å². The Morgan fingerprint density at radius 1 is 0.923 bits per heavy atom. The molecule has 0 N–H and O–H groups in total. The molecule has 2 atom stereocenters. The van der Waals surface area contributed by atoms with Crippen molar-refractivity contribution in [1.29, 1.82) is 0 Å². The minimum atomic E-state index is 0.00144. The maximum absolute atomic E-state index is 12.8. The largest absolute Gasteiger partial charge is 0.461 e. The normalized spacial score (nSPS) is 19.6. The van der Waals surface area contributed by atoms with Gasteiger partial charge in [0.2, 0.25) is 5.78 Å². The molecule has 128 valence electrons. The lowest BCUT2D eigenvalue weighted by Gasteiger charge is -2.30. The summed E-state index contributed by atoms with van der Waals surface area (Å²) in [5.74, 6) is 0.970. The molecule has 1 aromatic heterocycles. The van der Waals surface area contributed by atoms with E-state index in [9.17, 15) is 4.79 Å². The molecular weight excluding hydrogens is 320 g/mol. The van der Waals surface area contributed by atoms with Crippen molar-refractivity contribution in [3.63, 3.8) is 0 Å². The molecule has 0 bridgehead atoms. The van der Waals surface area contributed by atoms with Gasteiger partial charge in [0.05, 0.1) is 6.26 Å². The minimum Gasteiger partial charge on any atom is -0.461 e. The highest BCUT2D eigenvalue weighted by Crippen LogP contribution is 2.41. The summed E-state index contributed by atoms with van der Waals surface area (Å²) in [5, 5.41) is 5.21. The Morgan fingerprint density at radius 3 is 2.62 bits per heavy atom. The van der Waals surface area contributed by atoms with E-state index >= 15 is 0 Å². The Hall–Kier alpha value is -2.87. The van der Waals surface area contributed by atoms with Gasteiger partial charge in [0.25, 0.3) is 0 Å². The second-order valence-electron chi connectivity index (χ2n) is 7.40. The van der Waals surface area contributed by atoms with Crippen LogP contribution in [0.2, 0.25) is 0 Å². The van der Waals surface area contributed by atoms with Crippen molar-refractivity contribution in [2.75, 3.05) is 0 Å². The van der Waals surface area contributed by atoms with Gasteiger partial charge < -0.3 is 4.42 Å². The number of ketones is 1. The number of rotatable bonds is 2. The zero-order valence-corrected chi connectivity index (χ0v) is 14.7. The molecule has 0 aliphatic heterocycles. The van der Waals surface area contributed by atoms with Gasteiger partial charge in [-0.2, -0.15) is 0 Å². The van der Waals surface area contributed by atoms with E-state index in [1.165, 1.54) is 32.7 Å². The first-order chi connectivity index (χ1) is 12.7. The van der Waals surface area contributed by atoms with Gasteiger partial charge in [0.15, 0.2) is 5.76 Å². The molecule has 1 aliphatic carbocycles. The average molecular weight is 340 g/mol. The fourth-order valence-corrected chi connectivity index (χ4v) is 4.63. The number of furan rings is 1. The highest BCUT2D eigenvalue weighted by Gasteiger charge is 2.31. The van der Waals surface area contributed by atoms with Crippen LogP contribution in [0, 0.1) is 5.92 Å². The second kappa shape index (κ2) is 5.84. The number of fused-ring (bicyclic) bond motifs is 5. The van der Waals surface area contributed by atoms with Crippen molar-refractivity contribution < 1.29 is 9.21 Å². The Kier molecular flexibility index (Phi) is 3.46. The van der Waals surface area contributed by atoms with E-state index in [1.807, 2.05) is 0 Å². The number of benzene rings is 3. The molecule has 0 saturated heterocycles. The van der Waals surface area contributed by atoms with Crippen LogP contribution in [-0.4, -0.2) is 5.78 Å². The summed E-state index contributed by atoms with van der Waals surface area (Å²) in [6.45, 7) is 2.25. The summed E-state index contributed by atoms with van der Waals surface area (Å²) in [6.07, 6.45) is 3.24. The minimum absolute atomic E-state index is 0.00144. The Morgan fingerprint density at radius 2 is 1.77 bits per heavy atom. The van der Waals surface area contributed by atoms with E-state index in [0.29, 0.717) is 11.7 Å². The molecule has 0 amide bonds. The van der Waals surface area contributed by atoms with Gasteiger partial charge >= 0.3 is 0 Å². The van der Waals surface area contributed by atoms with Crippen LogP contribution in [0.1, 0.15) is 40.9 Å². The summed E-state index contributed by atoms with van der Waals surface area (Å²) in [4.78, 5) is 12.8. The van der Waals surface area contributed by atoms with Crippen molar-refractivity contribution in [3.8, 4) is 0 Å². The van der Waals surface area contributed by atoms with E-state index < -0.39 is 0 Å². The summed E-state index contributed by atoms with van der Waals surface area (Å²) < 4.78 is 5.34. The molecule has 4 aromatic rings. The molecule has 2 unspecified atom stereocenters. The molecular formula is C24H20O2. The van der Waals surface area contributed by atoms with Crippen LogP contribution in [0.15, 0.2) is 71.3 Å². The smallest absolute Gasteiger partial charge is 0.201 e. The SMILES string of the molecule is CC1CC(C(=O)c2ccco2)Cc2ccc3c(ccc4ccccc43)c21. The van der Waals surface area contributed by atoms with Crippen molar-refractivity contribution in [3.05, 3.63) is 83.8 Å². The molecule has 0 radical (unpaired) electrons. The van der Waals surface area contributed by atoms with Gasteiger partial charge in [-0.1, -0.05) is 55.5 Å². The highest BCUT2D eigenvalue weighted by atomic mass is 16.3. The standard InChI is InChI=1S/C24H20O2/c1-15-13-18(24(25)22-7-4-12-26-22)14-17-9-10-20-19-6-3-2-5-16(19)8-11-21(20)23(15)17/h2-12,15,18H,13-14H2,1H3. The fraction of sp³-hybridized carbons (Fsp3) is 0.208. The molecule has 1 heterocycles. The number of Topliss-reactive ketones (excluding diaryl/α,β-unsaturated/α-hetero) is 1. The first-order valence-electron chi connectivity index (χ1n) is 9.23. The van der Waals surface area contributed by atoms with Crippen LogP contribution >= 0.6 is 0 Å². The van der Waals surface area contributed by atoms with Gasteiger partial charge in [-0.3, -0.25) is 4.79 Å². The lowest BCUT2D eigenvalue weighted by molar-refractivity contribution is 0.0874. The van der Waals surface area contributed by atoms with E-state index in [0.717, 1.165) is 12.8 Å². The number of carbonyl (C=O) groups is 1. The molecule has 3 aromatic carbocycles. The molecule has 2 heteroatoms. The van der Waals surface area contributed by atoms with Crippen LogP contribution in [0.5, 0.6) is 0 Å². The molecule has 1 aliphatic rings. The van der Waals surface area contributed by atoms with Gasteiger partial charge in [0.1, 0.15) is 0 Å². The van der Waals surface area contributed by atoms with Crippen molar-refractivity contribution in [2.45, 2.75) is 25.7 Å². The first kappa shape index (κ1) is 15.4. The third-order valence-corrected chi connectivity index (χ3v) is 5.79. The monoisotopic (exact) mass is 340 g/mol. The fourth-order valence-electron chi connectivity index (χ4n) is 4.63. The van der Waals surface area contributed by atoms with Crippen LogP contribution in [0.3, 0.4) is 0 Å². The topological polar surface area (TPSA) is 30.2 Å². The molecule has 2 nitrogen and oxygen atoms in total. The van der Waals surface area contributed by atoms with Gasteiger partial charge in [-0.05, 0) is 63.6 Å². The summed E-state index contributed by atoms with van der Waals surface area (Å²) in [5.41, 5.74) is 2.72. The van der Waals surface area contributed by atoms with E-state index in [2.05, 4.69) is 55.5 Å². The Balaban J connectivity index is 1.63. The predicted octanol–water partition coefficient (Wildman–Crippen LogP) is 6.13. The predicted molar refractivity (Wildman–Crippen MR) is 105 cm³/mol. The van der Waals surface area contributed by atoms with Gasteiger partial charge in [-0.25, -0.2) is 0 Å². The second-order valence-corrected chi connectivity index (χ2v) is 7.40. The number of hydrogen-bond donors (Lipinski definition) is 0. The number of hydrogen-bond acceptors (Lipinski definition) is 2. The zero-order valence-electron chi connectivity index (χ0n) is 14.7. The summed E-state index contributed by atoms with van der Waals surface area (Å²) >= 11 is 0. The highest BCUT2D eigenvalue weighted by molar-refractivity contribution is 6.09. The zero-order chi connectivity index (χ0) is 17.7. The van der Waals surface area contributed by atoms with Crippen molar-refractivity contribution in [1.82, 2.24) is 0 Å². The number of carbonyl (C=O) groups excluding carboxylic acids is 1. The van der Waals surface area contributed by atoms with E-state index in [-0.39, 0.29) is 11.7 Å². The third-order valence-electron chi connectivity index (χ3n) is 5.79. The lowest BCUT2D eigenvalue weighted by atomic mass is 9.74. The Bertz CT molecular complexity index is 1120. The molecule has 0 spiro atoms. The van der Waals surface area contributed by atoms with Crippen LogP contribution in [0.4, 0.5) is 0 Å². The van der Waals surface area contributed by atoms with Gasteiger partial charge in [0, 0.05) is 5.92 Å².